The van der Waals surface area contributed by atoms with Crippen molar-refractivity contribution >= 4 is 11.6 Å². The van der Waals surface area contributed by atoms with Crippen molar-refractivity contribution in [2.24, 2.45) is 5.92 Å². The molecule has 4 rings (SSSR count). The van der Waals surface area contributed by atoms with Crippen LogP contribution in [0.3, 0.4) is 0 Å². The Morgan fingerprint density at radius 3 is 2.71 bits per heavy atom. The van der Waals surface area contributed by atoms with Crippen LogP contribution in [-0.2, 0) is 6.42 Å². The largest absolute Gasteiger partial charge is 0.314 e. The van der Waals surface area contributed by atoms with Gasteiger partial charge in [-0.2, -0.15) is 0 Å². The van der Waals surface area contributed by atoms with Gasteiger partial charge >= 0.3 is 0 Å². The lowest BCUT2D eigenvalue weighted by Gasteiger charge is -2.38. The normalized spacial score (nSPS) is 30.7. The molecule has 1 aliphatic carbocycles. The van der Waals surface area contributed by atoms with Gasteiger partial charge < -0.3 is 5.32 Å². The summed E-state index contributed by atoms with van der Waals surface area (Å²) in [5.74, 6) is 0.912. The van der Waals surface area contributed by atoms with E-state index >= 15 is 0 Å². The standard InChI is InChI=1S/C18H25ClN2/c19-15-4-5-16-14(12-15)3-6-18(16)21-10-7-13(8-11-21)17-2-1-9-20-17/h4-5,12-13,17-18,20H,1-3,6-11H2. The highest BCUT2D eigenvalue weighted by molar-refractivity contribution is 6.30. The summed E-state index contributed by atoms with van der Waals surface area (Å²) >= 11 is 6.13. The summed E-state index contributed by atoms with van der Waals surface area (Å²) < 4.78 is 0. The van der Waals surface area contributed by atoms with Gasteiger partial charge in [-0.15, -0.1) is 0 Å². The minimum Gasteiger partial charge on any atom is -0.314 e. The Bertz CT molecular complexity index is 502. The van der Waals surface area contributed by atoms with Crippen LogP contribution >= 0.6 is 11.6 Å². The van der Waals surface area contributed by atoms with Gasteiger partial charge in [0.1, 0.15) is 0 Å². The van der Waals surface area contributed by atoms with E-state index in [9.17, 15) is 0 Å². The van der Waals surface area contributed by atoms with Crippen molar-refractivity contribution in [3.8, 4) is 0 Å². The van der Waals surface area contributed by atoms with Crippen LogP contribution < -0.4 is 5.32 Å². The molecule has 1 aromatic rings. The maximum Gasteiger partial charge on any atom is 0.0408 e. The highest BCUT2D eigenvalue weighted by Gasteiger charge is 2.33. The van der Waals surface area contributed by atoms with E-state index in [1.807, 2.05) is 0 Å². The zero-order valence-corrected chi connectivity index (χ0v) is 13.4. The molecule has 1 N–H and O–H groups in total. The van der Waals surface area contributed by atoms with E-state index < -0.39 is 0 Å². The third-order valence-corrected chi connectivity index (χ3v) is 6.07. The first-order valence-corrected chi connectivity index (χ1v) is 8.95. The van der Waals surface area contributed by atoms with Crippen molar-refractivity contribution in [1.29, 1.82) is 0 Å². The molecule has 3 aliphatic rings. The number of piperidine rings is 1. The maximum absolute atomic E-state index is 6.13. The molecule has 1 aromatic carbocycles. The molecular weight excluding hydrogens is 280 g/mol. The number of rotatable bonds is 2. The van der Waals surface area contributed by atoms with Gasteiger partial charge in [0.05, 0.1) is 0 Å². The first-order valence-electron chi connectivity index (χ1n) is 8.57. The first-order chi connectivity index (χ1) is 10.3. The zero-order valence-electron chi connectivity index (χ0n) is 12.7. The van der Waals surface area contributed by atoms with Crippen LogP contribution in [0.4, 0.5) is 0 Å². The van der Waals surface area contributed by atoms with Crippen molar-refractivity contribution in [2.45, 2.75) is 50.6 Å². The van der Waals surface area contributed by atoms with Gasteiger partial charge in [0.15, 0.2) is 0 Å². The SMILES string of the molecule is Clc1ccc2c(c1)CCC2N1CCC(C2CCCN2)CC1. The summed E-state index contributed by atoms with van der Waals surface area (Å²) in [7, 11) is 0. The van der Waals surface area contributed by atoms with Crippen molar-refractivity contribution in [3.63, 3.8) is 0 Å². The number of aryl methyl sites for hydroxylation is 1. The highest BCUT2D eigenvalue weighted by Crippen LogP contribution is 2.39. The van der Waals surface area contributed by atoms with Crippen molar-refractivity contribution in [1.82, 2.24) is 10.2 Å². The number of likely N-dealkylation sites (tertiary alicyclic amines) is 1. The molecule has 2 fully saturated rings. The van der Waals surface area contributed by atoms with Crippen LogP contribution in [0.2, 0.25) is 5.02 Å². The van der Waals surface area contributed by atoms with E-state index in [1.165, 1.54) is 69.3 Å². The van der Waals surface area contributed by atoms with E-state index in [0.717, 1.165) is 17.0 Å². The molecule has 0 aromatic heterocycles. The Morgan fingerprint density at radius 1 is 1.10 bits per heavy atom. The molecular formula is C18H25ClN2. The molecule has 2 unspecified atom stereocenters. The fraction of sp³-hybridized carbons (Fsp3) is 0.667. The fourth-order valence-electron chi connectivity index (χ4n) is 4.69. The van der Waals surface area contributed by atoms with Crippen molar-refractivity contribution in [2.75, 3.05) is 19.6 Å². The molecule has 0 spiro atoms. The number of fused-ring (bicyclic) bond motifs is 1. The molecule has 0 radical (unpaired) electrons. The summed E-state index contributed by atoms with van der Waals surface area (Å²) in [5, 5.41) is 4.59. The summed E-state index contributed by atoms with van der Waals surface area (Å²) in [6, 6.07) is 7.96. The van der Waals surface area contributed by atoms with E-state index in [4.69, 9.17) is 11.6 Å². The second kappa shape index (κ2) is 5.91. The molecule has 2 heterocycles. The Morgan fingerprint density at radius 2 is 1.95 bits per heavy atom. The van der Waals surface area contributed by atoms with Gasteiger partial charge in [-0.1, -0.05) is 17.7 Å². The summed E-state index contributed by atoms with van der Waals surface area (Å²) in [6.45, 7) is 3.78. The minimum atomic E-state index is 0.648. The summed E-state index contributed by atoms with van der Waals surface area (Å²) in [5.41, 5.74) is 3.02. The third kappa shape index (κ3) is 2.74. The number of nitrogens with one attached hydrogen (secondary N) is 1. The van der Waals surface area contributed by atoms with Crippen molar-refractivity contribution in [3.05, 3.63) is 34.3 Å². The maximum atomic E-state index is 6.13. The predicted octanol–water partition coefficient (Wildman–Crippen LogP) is 3.79. The molecule has 2 aliphatic heterocycles. The fourth-order valence-corrected chi connectivity index (χ4v) is 4.88. The number of nitrogens with zero attached hydrogens (tertiary/aromatic N) is 1. The number of halogens is 1. The third-order valence-electron chi connectivity index (χ3n) is 5.83. The first kappa shape index (κ1) is 14.0. The molecule has 0 saturated carbocycles. The lowest BCUT2D eigenvalue weighted by Crippen LogP contribution is -2.41. The van der Waals surface area contributed by atoms with Gasteiger partial charge in [-0.05, 0) is 87.3 Å². The smallest absolute Gasteiger partial charge is 0.0408 e. The Kier molecular flexibility index (Phi) is 3.95. The van der Waals surface area contributed by atoms with Gasteiger partial charge in [-0.25, -0.2) is 0 Å². The molecule has 3 heteroatoms. The highest BCUT2D eigenvalue weighted by atomic mass is 35.5. The molecule has 2 nitrogen and oxygen atoms in total. The van der Waals surface area contributed by atoms with Gasteiger partial charge in [0, 0.05) is 17.1 Å². The van der Waals surface area contributed by atoms with Gasteiger partial charge in [0.2, 0.25) is 0 Å². The quantitative estimate of drug-likeness (QED) is 0.894. The monoisotopic (exact) mass is 304 g/mol. The second-order valence-electron chi connectivity index (χ2n) is 6.97. The molecule has 2 saturated heterocycles. The Labute approximate surface area is 132 Å². The zero-order chi connectivity index (χ0) is 14.2. The lowest BCUT2D eigenvalue weighted by atomic mass is 9.87. The van der Waals surface area contributed by atoms with Crippen molar-refractivity contribution < 1.29 is 0 Å². The van der Waals surface area contributed by atoms with Crippen LogP contribution in [0.1, 0.15) is 49.3 Å². The number of benzene rings is 1. The average Bonchev–Trinajstić information content (AvgIpc) is 3.16. The molecule has 21 heavy (non-hydrogen) atoms. The van der Waals surface area contributed by atoms with E-state index in [1.54, 1.807) is 0 Å². The summed E-state index contributed by atoms with van der Waals surface area (Å²) in [4.78, 5) is 2.73. The second-order valence-corrected chi connectivity index (χ2v) is 7.41. The van der Waals surface area contributed by atoms with E-state index in [-0.39, 0.29) is 0 Å². The van der Waals surface area contributed by atoms with Crippen LogP contribution in [-0.4, -0.2) is 30.6 Å². The van der Waals surface area contributed by atoms with Gasteiger partial charge in [0.25, 0.3) is 0 Å². The minimum absolute atomic E-state index is 0.648. The van der Waals surface area contributed by atoms with Crippen LogP contribution in [0.5, 0.6) is 0 Å². The lowest BCUT2D eigenvalue weighted by molar-refractivity contribution is 0.119. The van der Waals surface area contributed by atoms with Gasteiger partial charge in [-0.3, -0.25) is 4.90 Å². The van der Waals surface area contributed by atoms with Crippen LogP contribution in [0, 0.1) is 5.92 Å². The Balaban J connectivity index is 1.41. The number of hydrogen-bond acceptors (Lipinski definition) is 2. The predicted molar refractivity (Wildman–Crippen MR) is 87.8 cm³/mol. The topological polar surface area (TPSA) is 15.3 Å². The van der Waals surface area contributed by atoms with E-state index in [2.05, 4.69) is 28.4 Å². The summed E-state index contributed by atoms with van der Waals surface area (Å²) in [6.07, 6.45) is 8.00. The average molecular weight is 305 g/mol. The molecule has 0 amide bonds. The molecule has 2 atom stereocenters. The van der Waals surface area contributed by atoms with Crippen LogP contribution in [0.25, 0.3) is 0 Å². The molecule has 114 valence electrons. The Hall–Kier alpha value is -0.570. The van der Waals surface area contributed by atoms with Crippen LogP contribution in [0.15, 0.2) is 18.2 Å². The van der Waals surface area contributed by atoms with E-state index in [0.29, 0.717) is 6.04 Å². The molecule has 0 bridgehead atoms. The number of hydrogen-bond donors (Lipinski definition) is 1.